The lowest BCUT2D eigenvalue weighted by atomic mass is 10.0. The van der Waals surface area contributed by atoms with Crippen molar-refractivity contribution >= 4 is 29.0 Å². The van der Waals surface area contributed by atoms with Gasteiger partial charge in [-0.25, -0.2) is 9.18 Å². The maximum absolute atomic E-state index is 13.6. The van der Waals surface area contributed by atoms with E-state index in [9.17, 15) is 14.3 Å². The number of benzene rings is 2. The molecule has 0 saturated carbocycles. The first-order chi connectivity index (χ1) is 16.0. The molecular formula is C25H19FN4O2S. The van der Waals surface area contributed by atoms with Crippen LogP contribution in [0.15, 0.2) is 91.3 Å². The summed E-state index contributed by atoms with van der Waals surface area (Å²) in [5.74, 6) is -1.32. The molecule has 5 rings (SSSR count). The fourth-order valence-electron chi connectivity index (χ4n) is 4.19. The minimum absolute atomic E-state index is 0.198. The Morgan fingerprint density at radius 2 is 1.82 bits per heavy atom. The number of thiocarbonyl (C=S) groups is 1. The van der Waals surface area contributed by atoms with E-state index in [1.54, 1.807) is 36.5 Å². The molecule has 0 bridgehead atoms. The number of carboxylic acid groups (broad SMARTS) is 1. The number of rotatable bonds is 5. The molecule has 0 unspecified atom stereocenters. The van der Waals surface area contributed by atoms with E-state index in [4.69, 9.17) is 12.2 Å². The predicted octanol–water partition coefficient (Wildman–Crippen LogP) is 4.89. The molecule has 1 aliphatic rings. The summed E-state index contributed by atoms with van der Waals surface area (Å²) in [5.41, 5.74) is 3.34. The summed E-state index contributed by atoms with van der Waals surface area (Å²) in [6.07, 6.45) is 3.61. The first-order valence-corrected chi connectivity index (χ1v) is 10.7. The van der Waals surface area contributed by atoms with Crippen LogP contribution >= 0.6 is 12.2 Å². The topological polar surface area (TPSA) is 70.4 Å². The molecule has 0 spiro atoms. The molecule has 1 aliphatic heterocycles. The van der Waals surface area contributed by atoms with Gasteiger partial charge in [0.2, 0.25) is 0 Å². The number of aromatic carboxylic acids is 1. The minimum Gasteiger partial charge on any atom is -0.478 e. The fraction of sp³-hybridized carbons (Fsp3) is 0.0800. The molecular weight excluding hydrogens is 439 g/mol. The van der Waals surface area contributed by atoms with E-state index in [1.165, 1.54) is 12.1 Å². The van der Waals surface area contributed by atoms with Gasteiger partial charge in [-0.05, 0) is 78.9 Å². The van der Waals surface area contributed by atoms with E-state index >= 15 is 0 Å². The van der Waals surface area contributed by atoms with Gasteiger partial charge in [-0.3, -0.25) is 4.98 Å². The van der Waals surface area contributed by atoms with E-state index < -0.39 is 5.97 Å². The van der Waals surface area contributed by atoms with Gasteiger partial charge in [-0.2, -0.15) is 0 Å². The summed E-state index contributed by atoms with van der Waals surface area (Å²) in [6.45, 7) is 0. The molecule has 0 radical (unpaired) electrons. The second-order valence-corrected chi connectivity index (χ2v) is 8.02. The van der Waals surface area contributed by atoms with Crippen molar-refractivity contribution in [1.82, 2.24) is 14.9 Å². The number of hydrogen-bond donors (Lipinski definition) is 2. The van der Waals surface area contributed by atoms with Crippen LogP contribution in [-0.2, 0) is 0 Å². The van der Waals surface area contributed by atoms with Crippen LogP contribution in [0, 0.1) is 5.82 Å². The van der Waals surface area contributed by atoms with Gasteiger partial charge in [-0.1, -0.05) is 12.1 Å². The molecule has 8 heteroatoms. The van der Waals surface area contributed by atoms with Gasteiger partial charge in [0.15, 0.2) is 5.11 Å². The van der Waals surface area contributed by atoms with Gasteiger partial charge < -0.3 is 19.9 Å². The monoisotopic (exact) mass is 458 g/mol. The van der Waals surface area contributed by atoms with Crippen LogP contribution in [0.1, 0.15) is 33.8 Å². The number of carbonyl (C=O) groups is 1. The number of aromatic nitrogens is 2. The summed E-state index contributed by atoms with van der Waals surface area (Å²) < 4.78 is 15.6. The maximum atomic E-state index is 13.6. The van der Waals surface area contributed by atoms with E-state index in [2.05, 4.69) is 10.3 Å². The van der Waals surface area contributed by atoms with E-state index in [1.807, 2.05) is 52.1 Å². The Kier molecular flexibility index (Phi) is 5.35. The van der Waals surface area contributed by atoms with Crippen LogP contribution in [-0.4, -0.2) is 25.7 Å². The summed E-state index contributed by atoms with van der Waals surface area (Å²) in [6, 6.07) is 21.9. The smallest absolute Gasteiger partial charge is 0.335 e. The predicted molar refractivity (Wildman–Crippen MR) is 127 cm³/mol. The number of pyridine rings is 1. The van der Waals surface area contributed by atoms with Crippen molar-refractivity contribution in [3.63, 3.8) is 0 Å². The van der Waals surface area contributed by atoms with Gasteiger partial charge in [-0.15, -0.1) is 0 Å². The number of halogens is 1. The Labute approximate surface area is 194 Å². The molecule has 0 amide bonds. The second-order valence-electron chi connectivity index (χ2n) is 7.63. The average molecular weight is 459 g/mol. The number of hydrogen-bond acceptors (Lipinski definition) is 3. The highest BCUT2D eigenvalue weighted by Crippen LogP contribution is 2.42. The summed E-state index contributed by atoms with van der Waals surface area (Å²) in [5, 5.41) is 13.3. The lowest BCUT2D eigenvalue weighted by Crippen LogP contribution is -2.30. The summed E-state index contributed by atoms with van der Waals surface area (Å²) in [7, 11) is 0. The van der Waals surface area contributed by atoms with Crippen LogP contribution in [0.5, 0.6) is 0 Å². The number of nitrogens with one attached hydrogen (secondary N) is 1. The molecule has 1 fully saturated rings. The molecule has 6 nitrogen and oxygen atoms in total. The average Bonchev–Trinajstić information content (AvgIpc) is 3.44. The van der Waals surface area contributed by atoms with Crippen molar-refractivity contribution in [2.75, 3.05) is 4.90 Å². The van der Waals surface area contributed by atoms with Gasteiger partial charge in [0.05, 0.1) is 17.3 Å². The van der Waals surface area contributed by atoms with Gasteiger partial charge in [0, 0.05) is 29.5 Å². The van der Waals surface area contributed by atoms with Crippen molar-refractivity contribution < 1.29 is 14.3 Å². The zero-order chi connectivity index (χ0) is 22.9. The van der Waals surface area contributed by atoms with Crippen molar-refractivity contribution in [3.05, 3.63) is 114 Å². The van der Waals surface area contributed by atoms with E-state index in [-0.39, 0.29) is 23.5 Å². The fourth-order valence-corrected chi connectivity index (χ4v) is 4.54. The third-order valence-electron chi connectivity index (χ3n) is 5.66. The molecule has 2 aromatic heterocycles. The molecule has 4 aromatic rings. The minimum atomic E-state index is -0.992. The molecule has 2 N–H and O–H groups in total. The Morgan fingerprint density at radius 3 is 2.55 bits per heavy atom. The second kappa shape index (κ2) is 8.48. The zero-order valence-corrected chi connectivity index (χ0v) is 18.1. The molecule has 2 atom stereocenters. The van der Waals surface area contributed by atoms with Crippen molar-refractivity contribution in [2.45, 2.75) is 12.1 Å². The Morgan fingerprint density at radius 1 is 1.00 bits per heavy atom. The lowest BCUT2D eigenvalue weighted by molar-refractivity contribution is 0.0697. The van der Waals surface area contributed by atoms with Crippen molar-refractivity contribution in [2.24, 2.45) is 0 Å². The Bertz CT molecular complexity index is 1320. The van der Waals surface area contributed by atoms with Crippen molar-refractivity contribution in [3.8, 4) is 5.69 Å². The first kappa shape index (κ1) is 20.8. The molecule has 3 heterocycles. The largest absolute Gasteiger partial charge is 0.478 e. The Balaban J connectivity index is 1.66. The molecule has 164 valence electrons. The van der Waals surface area contributed by atoms with Crippen molar-refractivity contribution in [1.29, 1.82) is 0 Å². The standard InChI is InChI=1S/C25H19FN4O2S/c26-17-9-11-18(12-10-17)30-23(22(28-25(30)33)20-7-1-2-13-27-20)21-8-4-14-29(21)19-6-3-5-16(15-19)24(31)32/h1-15,22-23H,(H,28,33)(H,31,32)/t22-,23-/m0/s1. The highest BCUT2D eigenvalue weighted by molar-refractivity contribution is 7.80. The number of anilines is 1. The Hall–Kier alpha value is -4.04. The highest BCUT2D eigenvalue weighted by Gasteiger charge is 2.42. The maximum Gasteiger partial charge on any atom is 0.335 e. The van der Waals surface area contributed by atoms with Crippen LogP contribution in [0.25, 0.3) is 5.69 Å². The third-order valence-corrected chi connectivity index (χ3v) is 5.97. The quantitative estimate of drug-likeness (QED) is 0.415. The molecule has 2 aromatic carbocycles. The normalized spacial score (nSPS) is 17.7. The van der Waals surface area contributed by atoms with Gasteiger partial charge >= 0.3 is 5.97 Å². The molecule has 0 aliphatic carbocycles. The molecule has 1 saturated heterocycles. The molecule has 33 heavy (non-hydrogen) atoms. The highest BCUT2D eigenvalue weighted by atomic mass is 32.1. The zero-order valence-electron chi connectivity index (χ0n) is 17.3. The van der Waals surface area contributed by atoms with Gasteiger partial charge in [0.25, 0.3) is 0 Å². The lowest BCUT2D eigenvalue weighted by Gasteiger charge is -2.29. The van der Waals surface area contributed by atoms with Crippen LogP contribution in [0.4, 0.5) is 10.1 Å². The first-order valence-electron chi connectivity index (χ1n) is 10.3. The third kappa shape index (κ3) is 3.85. The summed E-state index contributed by atoms with van der Waals surface area (Å²) >= 11 is 5.70. The van der Waals surface area contributed by atoms with E-state index in [0.717, 1.165) is 17.1 Å². The van der Waals surface area contributed by atoms with E-state index in [0.29, 0.717) is 10.8 Å². The van der Waals surface area contributed by atoms with Crippen LogP contribution < -0.4 is 10.2 Å². The van der Waals surface area contributed by atoms with Gasteiger partial charge in [0.1, 0.15) is 11.9 Å². The van der Waals surface area contributed by atoms with Crippen LogP contribution in [0.3, 0.4) is 0 Å². The SMILES string of the molecule is O=C(O)c1cccc(-n2cccc2[C@H]2[C@H](c3ccccn3)NC(=S)N2c2ccc(F)cc2)c1. The summed E-state index contributed by atoms with van der Waals surface area (Å²) in [4.78, 5) is 18.0. The number of nitrogens with zero attached hydrogens (tertiary/aromatic N) is 3. The van der Waals surface area contributed by atoms with Crippen LogP contribution in [0.2, 0.25) is 0 Å². The number of carboxylic acids is 1.